The number of hydrogen-bond acceptors (Lipinski definition) is 23. The van der Waals surface area contributed by atoms with Crippen molar-refractivity contribution >= 4 is 117 Å². The lowest BCUT2D eigenvalue weighted by Crippen LogP contribution is -2.22. The lowest BCUT2D eigenvalue weighted by atomic mass is 10.2. The van der Waals surface area contributed by atoms with Crippen LogP contribution in [0.25, 0.3) is 4.85 Å². The fraction of sp³-hybridized carbons (Fsp3) is 0.324. The van der Waals surface area contributed by atoms with Crippen LogP contribution in [0.5, 0.6) is 11.5 Å². The van der Waals surface area contributed by atoms with Crippen molar-refractivity contribution in [2.75, 3.05) is 73.2 Å². The van der Waals surface area contributed by atoms with Crippen LogP contribution in [0.4, 0.5) is 61.7 Å². The molecule has 0 bridgehead atoms. The molecule has 2 aromatic carbocycles. The summed E-state index contributed by atoms with van der Waals surface area (Å²) in [6.07, 6.45) is 0. The van der Waals surface area contributed by atoms with Crippen LogP contribution < -0.4 is 29.9 Å². The van der Waals surface area contributed by atoms with Crippen LogP contribution in [-0.4, -0.2) is 98.4 Å². The number of methoxy groups -OCH3 is 2. The van der Waals surface area contributed by atoms with Crippen molar-refractivity contribution in [3.05, 3.63) is 58.8 Å². The zero-order chi connectivity index (χ0) is 47.0. The molecule has 0 aliphatic carbocycles. The Morgan fingerprint density at radius 2 is 1.36 bits per heavy atom. The van der Waals surface area contributed by atoms with E-state index < -0.39 is 24.9 Å². The highest BCUT2D eigenvalue weighted by molar-refractivity contribution is 7.99. The zero-order valence-electron chi connectivity index (χ0n) is 35.0. The number of aliphatic hydroxyl groups is 1. The monoisotopic (exact) mass is 971 g/mol. The first-order chi connectivity index (χ1) is 30.7. The minimum absolute atomic E-state index is 0.0378. The quantitative estimate of drug-likeness (QED) is 0.0245. The Morgan fingerprint density at radius 1 is 0.859 bits per heavy atom. The number of thioether (sulfide) groups is 1. The van der Waals surface area contributed by atoms with E-state index in [1.54, 1.807) is 36.8 Å². The second-order valence-corrected chi connectivity index (χ2v) is 17.3. The van der Waals surface area contributed by atoms with Gasteiger partial charge in [0.1, 0.15) is 38.2 Å². The summed E-state index contributed by atoms with van der Waals surface area (Å²) >= 11 is 3.06. The molecule has 0 saturated heterocycles. The largest absolute Gasteiger partial charge is 0.494 e. The average Bonchev–Trinajstić information content (AvgIpc) is 3.92. The predicted octanol–water partition coefficient (Wildman–Crippen LogP) is 8.77. The van der Waals surface area contributed by atoms with Crippen molar-refractivity contribution in [2.24, 2.45) is 20.5 Å². The van der Waals surface area contributed by atoms with Gasteiger partial charge in [-0.1, -0.05) is 11.8 Å². The number of benzene rings is 2. The van der Waals surface area contributed by atoms with E-state index in [0.29, 0.717) is 82.3 Å². The lowest BCUT2D eigenvalue weighted by Gasteiger charge is -2.25. The molecule has 0 radical (unpaired) electrons. The van der Waals surface area contributed by atoms with Gasteiger partial charge in [0.15, 0.2) is 10.2 Å². The van der Waals surface area contributed by atoms with Gasteiger partial charge in [-0.3, -0.25) is 4.55 Å². The fourth-order valence-electron chi connectivity index (χ4n) is 5.63. The summed E-state index contributed by atoms with van der Waals surface area (Å²) in [5, 5.41) is 45.7. The van der Waals surface area contributed by atoms with Crippen LogP contribution >= 0.6 is 34.4 Å². The van der Waals surface area contributed by atoms with E-state index in [1.165, 1.54) is 30.2 Å². The molecule has 0 unspecified atom stereocenters. The Hall–Kier alpha value is -6.33. The number of nitriles is 1. The Bertz CT molecular complexity index is 2790. The van der Waals surface area contributed by atoms with Gasteiger partial charge in [0, 0.05) is 44.1 Å². The maximum Gasteiger partial charge on any atom is 0.425 e. The number of anilines is 6. The first-order valence-electron chi connectivity index (χ1n) is 18.7. The molecule has 3 aromatic heterocycles. The van der Waals surface area contributed by atoms with Crippen molar-refractivity contribution < 1.29 is 40.2 Å². The number of aliphatic hydroxyl groups excluding tert-OH is 1. The molecule has 3 heterocycles. The SMILES string of the molecule is O=S(=O)=O.[C-]#[N+]c1cc(S(=O)(=O)O)sc1N=Nc1cc(OC)c(N(CC)CC)cc1Nc1nc(Nc2cc(N(CC)CC)c(OC)cc2N=Nc2sccc2C#N)nc(SCCO)n1. The zero-order valence-corrected chi connectivity index (χ0v) is 39.1. The molecule has 0 spiro atoms. The Balaban J connectivity index is 0.00000215. The molecule has 338 valence electrons. The summed E-state index contributed by atoms with van der Waals surface area (Å²) in [4.78, 5) is 21.5. The number of hydrogen-bond donors (Lipinski definition) is 4. The number of nitrogens with zero attached hydrogens (tertiary/aromatic N) is 11. The normalized spacial score (nSPS) is 11.1. The van der Waals surface area contributed by atoms with Gasteiger partial charge in [-0.2, -0.15) is 33.7 Å². The number of azo groups is 2. The number of nitrogens with one attached hydrogen (secondary N) is 2. The van der Waals surface area contributed by atoms with Gasteiger partial charge < -0.3 is 35.0 Å². The van der Waals surface area contributed by atoms with E-state index in [0.717, 1.165) is 11.8 Å². The molecule has 4 N–H and O–H groups in total. The van der Waals surface area contributed by atoms with Crippen molar-refractivity contribution in [3.63, 3.8) is 0 Å². The molecule has 0 saturated carbocycles. The fourth-order valence-corrected chi connectivity index (χ4v) is 8.44. The van der Waals surface area contributed by atoms with E-state index in [-0.39, 0.29) is 45.8 Å². The van der Waals surface area contributed by atoms with Gasteiger partial charge in [0.25, 0.3) is 0 Å². The highest BCUT2D eigenvalue weighted by Gasteiger charge is 2.21. The highest BCUT2D eigenvalue weighted by Crippen LogP contribution is 2.45. The molecule has 0 aliphatic rings. The third-order valence-electron chi connectivity index (χ3n) is 8.54. The molecule has 0 aliphatic heterocycles. The van der Waals surface area contributed by atoms with E-state index in [9.17, 15) is 23.3 Å². The Kier molecular flexibility index (Phi) is 18.8. The van der Waals surface area contributed by atoms with Crippen LogP contribution in [0.3, 0.4) is 0 Å². The first-order valence-corrected chi connectivity index (χ1v) is 23.8. The molecule has 0 amide bonds. The summed E-state index contributed by atoms with van der Waals surface area (Å²) < 4.78 is 69.7. The first kappa shape index (κ1) is 50.3. The van der Waals surface area contributed by atoms with Crippen LogP contribution in [-0.2, 0) is 20.7 Å². The van der Waals surface area contributed by atoms with Crippen molar-refractivity contribution in [2.45, 2.75) is 37.1 Å². The van der Waals surface area contributed by atoms with E-state index in [4.69, 9.17) is 33.7 Å². The van der Waals surface area contributed by atoms with Gasteiger partial charge in [-0.25, -0.2) is 4.85 Å². The smallest absolute Gasteiger partial charge is 0.425 e. The van der Waals surface area contributed by atoms with E-state index >= 15 is 0 Å². The topological polar surface area (TPSA) is 291 Å². The molecular formula is C37H41N13O9S5. The average molecular weight is 972 g/mol. The third kappa shape index (κ3) is 13.3. The maximum atomic E-state index is 11.8. The highest BCUT2D eigenvalue weighted by atomic mass is 32.3. The molecule has 0 fully saturated rings. The van der Waals surface area contributed by atoms with Gasteiger partial charge in [0.2, 0.25) is 17.6 Å². The maximum absolute atomic E-state index is 11.8. The third-order valence-corrected chi connectivity index (χ3v) is 12.5. The summed E-state index contributed by atoms with van der Waals surface area (Å²) in [5.41, 5.74) is 3.16. The van der Waals surface area contributed by atoms with E-state index in [2.05, 4.69) is 61.8 Å². The molecule has 64 heavy (non-hydrogen) atoms. The Morgan fingerprint density at radius 3 is 1.78 bits per heavy atom. The number of rotatable bonds is 20. The van der Waals surface area contributed by atoms with Crippen molar-refractivity contribution in [3.8, 4) is 17.6 Å². The molecular weight excluding hydrogens is 931 g/mol. The van der Waals surface area contributed by atoms with Crippen LogP contribution in [0.2, 0.25) is 0 Å². The minimum atomic E-state index is -4.59. The van der Waals surface area contributed by atoms with Crippen molar-refractivity contribution in [1.29, 1.82) is 5.26 Å². The molecule has 0 atom stereocenters. The van der Waals surface area contributed by atoms with Crippen LogP contribution in [0.1, 0.15) is 33.3 Å². The second-order valence-electron chi connectivity index (χ2n) is 12.2. The molecule has 5 rings (SSSR count). The molecule has 22 nitrogen and oxygen atoms in total. The van der Waals surface area contributed by atoms with Crippen molar-refractivity contribution in [1.82, 2.24) is 15.0 Å². The minimum Gasteiger partial charge on any atom is -0.494 e. The summed E-state index contributed by atoms with van der Waals surface area (Å²) in [7, 11) is -4.62. The predicted molar refractivity (Wildman–Crippen MR) is 245 cm³/mol. The summed E-state index contributed by atoms with van der Waals surface area (Å²) in [6.45, 7) is 18.1. The summed E-state index contributed by atoms with van der Waals surface area (Å²) in [5.74, 6) is 1.47. The second kappa shape index (κ2) is 23.9. The summed E-state index contributed by atoms with van der Waals surface area (Å²) in [6, 6.07) is 11.8. The molecule has 27 heteroatoms. The molecule has 5 aromatic rings. The van der Waals surface area contributed by atoms with Crippen LogP contribution in [0, 0.1) is 17.9 Å². The van der Waals surface area contributed by atoms with Gasteiger partial charge in [0.05, 0.1) is 55.7 Å². The van der Waals surface area contributed by atoms with Gasteiger partial charge >= 0.3 is 20.7 Å². The van der Waals surface area contributed by atoms with Gasteiger partial charge in [-0.15, -0.1) is 50.6 Å². The lowest BCUT2D eigenvalue weighted by molar-refractivity contribution is 0.322. The number of aromatic nitrogens is 3. The van der Waals surface area contributed by atoms with E-state index in [1.807, 2.05) is 33.8 Å². The number of ether oxygens (including phenoxy) is 2. The van der Waals surface area contributed by atoms with Gasteiger partial charge in [-0.05, 0) is 57.3 Å². The number of thiophene rings is 2. The van der Waals surface area contributed by atoms with Crippen LogP contribution in [0.15, 0.2) is 71.6 Å². The standard InChI is InChI=1S/C37H41N13O6S4.O3S/c1-8-49(9-2)28-16-23(25(18-30(28)55-6)45-47-33-22(21-38)12-14-57-33)40-35-42-36(44-37(43-35)58-15-13-51)41-24-17-29(50(10-3)11-4)31(56-7)19-26(24)46-48-34-27(39-5)20-32(59-34)60(52,53)54;1-4(2)3/h12,14,16-20,51H,8-11,13,15H2,1-4,6-7H3,(H,52,53,54)(H2,40,41,42,43,44);. The Labute approximate surface area is 382 Å².